The first-order valence-corrected chi connectivity index (χ1v) is 7.21. The van der Waals surface area contributed by atoms with Crippen LogP contribution in [-0.4, -0.2) is 21.3 Å². The standard InChI is InChI=1S/C19H18O4/c1-20-15-8-6-14-11-16(23-18(14)12-15)7-4-13-5-9-17(21-2)19(10-13)22-3/h4-12H,1-3H3. The lowest BCUT2D eigenvalue weighted by Gasteiger charge is -2.07. The van der Waals surface area contributed by atoms with Gasteiger partial charge in [-0.3, -0.25) is 0 Å². The third-order valence-electron chi connectivity index (χ3n) is 3.59. The van der Waals surface area contributed by atoms with Crippen molar-refractivity contribution < 1.29 is 18.6 Å². The van der Waals surface area contributed by atoms with Gasteiger partial charge in [-0.15, -0.1) is 0 Å². The molecule has 2 aromatic carbocycles. The molecule has 0 saturated carbocycles. The van der Waals surface area contributed by atoms with Gasteiger partial charge in [0.05, 0.1) is 21.3 Å². The summed E-state index contributed by atoms with van der Waals surface area (Å²) < 4.78 is 21.6. The maximum absolute atomic E-state index is 5.81. The molecule has 0 aliphatic carbocycles. The molecule has 23 heavy (non-hydrogen) atoms. The lowest BCUT2D eigenvalue weighted by molar-refractivity contribution is 0.355. The van der Waals surface area contributed by atoms with Crippen LogP contribution >= 0.6 is 0 Å². The highest BCUT2D eigenvalue weighted by atomic mass is 16.5. The molecule has 4 heteroatoms. The molecule has 3 rings (SSSR count). The summed E-state index contributed by atoms with van der Waals surface area (Å²) in [5.74, 6) is 2.97. The monoisotopic (exact) mass is 310 g/mol. The second-order valence-corrected chi connectivity index (χ2v) is 5.00. The molecule has 0 bridgehead atoms. The van der Waals surface area contributed by atoms with Crippen molar-refractivity contribution in [1.82, 2.24) is 0 Å². The largest absolute Gasteiger partial charge is 0.497 e. The van der Waals surface area contributed by atoms with E-state index < -0.39 is 0 Å². The lowest BCUT2D eigenvalue weighted by Crippen LogP contribution is -1.90. The summed E-state index contributed by atoms with van der Waals surface area (Å²) in [6, 6.07) is 13.5. The van der Waals surface area contributed by atoms with Gasteiger partial charge in [-0.25, -0.2) is 0 Å². The minimum absolute atomic E-state index is 0.698. The van der Waals surface area contributed by atoms with Crippen LogP contribution in [0.3, 0.4) is 0 Å². The van der Waals surface area contributed by atoms with Crippen LogP contribution in [0.5, 0.6) is 17.2 Å². The maximum Gasteiger partial charge on any atom is 0.161 e. The van der Waals surface area contributed by atoms with Gasteiger partial charge in [0.1, 0.15) is 17.1 Å². The summed E-state index contributed by atoms with van der Waals surface area (Å²) in [5, 5.41) is 1.04. The van der Waals surface area contributed by atoms with Crippen LogP contribution in [0.1, 0.15) is 11.3 Å². The van der Waals surface area contributed by atoms with Crippen molar-refractivity contribution in [1.29, 1.82) is 0 Å². The van der Waals surface area contributed by atoms with Crippen LogP contribution in [-0.2, 0) is 0 Å². The second kappa shape index (κ2) is 6.48. The van der Waals surface area contributed by atoms with Gasteiger partial charge in [0.25, 0.3) is 0 Å². The number of furan rings is 1. The maximum atomic E-state index is 5.81. The van der Waals surface area contributed by atoms with E-state index in [0.717, 1.165) is 28.0 Å². The molecule has 0 unspecified atom stereocenters. The van der Waals surface area contributed by atoms with Gasteiger partial charge in [-0.2, -0.15) is 0 Å². The number of rotatable bonds is 5. The van der Waals surface area contributed by atoms with Gasteiger partial charge in [0, 0.05) is 11.5 Å². The first-order chi connectivity index (χ1) is 11.2. The summed E-state index contributed by atoms with van der Waals surface area (Å²) >= 11 is 0. The Labute approximate surface area is 134 Å². The van der Waals surface area contributed by atoms with Gasteiger partial charge in [-0.05, 0) is 42.0 Å². The van der Waals surface area contributed by atoms with E-state index in [9.17, 15) is 0 Å². The smallest absolute Gasteiger partial charge is 0.161 e. The fraction of sp³-hybridized carbons (Fsp3) is 0.158. The van der Waals surface area contributed by atoms with E-state index in [2.05, 4.69) is 0 Å². The van der Waals surface area contributed by atoms with Crippen LogP contribution in [0.25, 0.3) is 23.1 Å². The summed E-state index contributed by atoms with van der Waals surface area (Å²) in [7, 11) is 4.88. The van der Waals surface area contributed by atoms with Gasteiger partial charge in [-0.1, -0.05) is 12.1 Å². The number of hydrogen-bond donors (Lipinski definition) is 0. The van der Waals surface area contributed by atoms with Gasteiger partial charge in [0.15, 0.2) is 11.5 Å². The quantitative estimate of drug-likeness (QED) is 0.689. The van der Waals surface area contributed by atoms with E-state index in [1.165, 1.54) is 0 Å². The molecule has 0 aliphatic rings. The predicted octanol–water partition coefficient (Wildman–Crippen LogP) is 4.63. The average molecular weight is 310 g/mol. The van der Waals surface area contributed by atoms with Crippen LogP contribution in [0.15, 0.2) is 46.9 Å². The third-order valence-corrected chi connectivity index (χ3v) is 3.59. The first-order valence-electron chi connectivity index (χ1n) is 7.21. The molecule has 118 valence electrons. The fourth-order valence-electron chi connectivity index (χ4n) is 2.38. The molecule has 0 amide bonds. The molecule has 4 nitrogen and oxygen atoms in total. The molecule has 0 radical (unpaired) electrons. The molecule has 0 N–H and O–H groups in total. The highest BCUT2D eigenvalue weighted by Crippen LogP contribution is 2.29. The molecule has 0 fully saturated rings. The zero-order chi connectivity index (χ0) is 16.2. The van der Waals surface area contributed by atoms with Crippen molar-refractivity contribution in [2.75, 3.05) is 21.3 Å². The average Bonchev–Trinajstić information content (AvgIpc) is 3.01. The Morgan fingerprint density at radius 3 is 2.35 bits per heavy atom. The third kappa shape index (κ3) is 3.16. The van der Waals surface area contributed by atoms with Crippen LogP contribution in [0.4, 0.5) is 0 Å². The molecule has 0 aliphatic heterocycles. The minimum Gasteiger partial charge on any atom is -0.497 e. The summed E-state index contributed by atoms with van der Waals surface area (Å²) in [6.45, 7) is 0. The molecule has 0 atom stereocenters. The minimum atomic E-state index is 0.698. The van der Waals surface area contributed by atoms with Crippen LogP contribution < -0.4 is 14.2 Å². The summed E-state index contributed by atoms with van der Waals surface area (Å²) in [5.41, 5.74) is 1.80. The fourth-order valence-corrected chi connectivity index (χ4v) is 2.38. The molecule has 1 heterocycles. The highest BCUT2D eigenvalue weighted by molar-refractivity contribution is 5.83. The topological polar surface area (TPSA) is 40.8 Å². The molecule has 3 aromatic rings. The Morgan fingerprint density at radius 2 is 1.61 bits per heavy atom. The van der Waals surface area contributed by atoms with E-state index in [4.69, 9.17) is 18.6 Å². The predicted molar refractivity (Wildman–Crippen MR) is 91.2 cm³/mol. The highest BCUT2D eigenvalue weighted by Gasteiger charge is 2.04. The van der Waals surface area contributed by atoms with Crippen molar-refractivity contribution in [3.63, 3.8) is 0 Å². The van der Waals surface area contributed by atoms with Crippen molar-refractivity contribution in [2.45, 2.75) is 0 Å². The van der Waals surface area contributed by atoms with E-state index in [1.54, 1.807) is 21.3 Å². The first kappa shape index (κ1) is 15.0. The number of methoxy groups -OCH3 is 3. The molecular formula is C19H18O4. The van der Waals surface area contributed by atoms with Gasteiger partial charge >= 0.3 is 0 Å². The zero-order valence-corrected chi connectivity index (χ0v) is 13.3. The Bertz CT molecular complexity index is 846. The number of hydrogen-bond acceptors (Lipinski definition) is 4. The van der Waals surface area contributed by atoms with E-state index >= 15 is 0 Å². The lowest BCUT2D eigenvalue weighted by atomic mass is 10.1. The molecular weight excluding hydrogens is 292 g/mol. The van der Waals surface area contributed by atoms with Crippen molar-refractivity contribution in [2.24, 2.45) is 0 Å². The Balaban J connectivity index is 1.87. The van der Waals surface area contributed by atoms with Crippen molar-refractivity contribution >= 4 is 23.1 Å². The molecule has 0 saturated heterocycles. The van der Waals surface area contributed by atoms with E-state index in [0.29, 0.717) is 11.5 Å². The number of ether oxygens (including phenoxy) is 3. The van der Waals surface area contributed by atoms with Crippen LogP contribution in [0.2, 0.25) is 0 Å². The SMILES string of the molecule is COc1ccc2cc(C=Cc3ccc(OC)c(OC)c3)oc2c1. The zero-order valence-electron chi connectivity index (χ0n) is 13.3. The summed E-state index contributed by atoms with van der Waals surface area (Å²) in [4.78, 5) is 0. The number of benzene rings is 2. The molecule has 1 aromatic heterocycles. The van der Waals surface area contributed by atoms with Gasteiger partial charge in [0.2, 0.25) is 0 Å². The Hall–Kier alpha value is -2.88. The Morgan fingerprint density at radius 1 is 0.783 bits per heavy atom. The van der Waals surface area contributed by atoms with Crippen molar-refractivity contribution in [3.05, 3.63) is 53.8 Å². The Kier molecular flexibility index (Phi) is 4.24. The van der Waals surface area contributed by atoms with E-state index in [1.807, 2.05) is 54.6 Å². The molecule has 0 spiro atoms. The number of fused-ring (bicyclic) bond motifs is 1. The van der Waals surface area contributed by atoms with Gasteiger partial charge < -0.3 is 18.6 Å². The van der Waals surface area contributed by atoms with Crippen molar-refractivity contribution in [3.8, 4) is 17.2 Å². The van der Waals surface area contributed by atoms with E-state index in [-0.39, 0.29) is 0 Å². The normalized spacial score (nSPS) is 11.1. The second-order valence-electron chi connectivity index (χ2n) is 5.00. The summed E-state index contributed by atoms with van der Waals surface area (Å²) in [6.07, 6.45) is 3.89. The van der Waals surface area contributed by atoms with Crippen LogP contribution in [0, 0.1) is 0 Å².